The first-order chi connectivity index (χ1) is 14.1. The minimum absolute atomic E-state index is 0.236. The second-order valence-electron chi connectivity index (χ2n) is 6.56. The van der Waals surface area contributed by atoms with Crippen molar-refractivity contribution in [1.29, 1.82) is 0 Å². The van der Waals surface area contributed by atoms with Gasteiger partial charge in [-0.3, -0.25) is 0 Å². The van der Waals surface area contributed by atoms with Crippen molar-refractivity contribution in [3.63, 3.8) is 0 Å². The molecule has 5 heteroatoms. The van der Waals surface area contributed by atoms with Gasteiger partial charge >= 0.3 is 11.6 Å². The SMILES string of the molecule is Cc1cc(=O)oc2cc(OC(=O)COc3ccc(-c4ccccc4)cc3)ccc12. The molecule has 0 aliphatic carbocycles. The van der Waals surface area contributed by atoms with Gasteiger partial charge in [0.1, 0.15) is 17.1 Å². The average Bonchev–Trinajstić information content (AvgIpc) is 2.73. The maximum Gasteiger partial charge on any atom is 0.349 e. The van der Waals surface area contributed by atoms with E-state index in [1.807, 2.05) is 61.5 Å². The van der Waals surface area contributed by atoms with Crippen LogP contribution in [0.25, 0.3) is 22.1 Å². The molecule has 4 aromatic rings. The Morgan fingerprint density at radius 2 is 1.55 bits per heavy atom. The van der Waals surface area contributed by atoms with E-state index in [4.69, 9.17) is 13.9 Å². The third kappa shape index (κ3) is 4.35. The lowest BCUT2D eigenvalue weighted by atomic mass is 10.1. The zero-order valence-electron chi connectivity index (χ0n) is 15.8. The summed E-state index contributed by atoms with van der Waals surface area (Å²) in [4.78, 5) is 23.6. The van der Waals surface area contributed by atoms with E-state index >= 15 is 0 Å². The molecule has 1 heterocycles. The van der Waals surface area contributed by atoms with E-state index in [1.165, 1.54) is 12.1 Å². The van der Waals surface area contributed by atoms with Crippen LogP contribution in [0.4, 0.5) is 0 Å². The number of hydrogen-bond donors (Lipinski definition) is 0. The molecule has 0 amide bonds. The van der Waals surface area contributed by atoms with Crippen LogP contribution in [0, 0.1) is 6.92 Å². The first-order valence-electron chi connectivity index (χ1n) is 9.12. The number of benzene rings is 3. The molecule has 0 radical (unpaired) electrons. The van der Waals surface area contributed by atoms with E-state index < -0.39 is 11.6 Å². The number of carbonyl (C=O) groups is 1. The fourth-order valence-corrected chi connectivity index (χ4v) is 3.05. The standard InChI is InChI=1S/C24H18O5/c1-16-13-23(25)29-22-14-20(11-12-21(16)22)28-24(26)15-27-19-9-7-18(8-10-19)17-5-3-2-4-6-17/h2-14H,15H2,1H3. The number of ether oxygens (including phenoxy) is 2. The molecular weight excluding hydrogens is 368 g/mol. The Labute approximate surface area is 167 Å². The Balaban J connectivity index is 1.39. The highest BCUT2D eigenvalue weighted by Crippen LogP contribution is 2.23. The van der Waals surface area contributed by atoms with Crippen LogP contribution in [0.3, 0.4) is 0 Å². The molecule has 144 valence electrons. The number of carbonyl (C=O) groups excluding carboxylic acids is 1. The number of aryl methyl sites for hydroxylation is 1. The molecule has 0 aliphatic heterocycles. The van der Waals surface area contributed by atoms with Crippen molar-refractivity contribution in [3.8, 4) is 22.6 Å². The summed E-state index contributed by atoms with van der Waals surface area (Å²) in [6, 6.07) is 23.8. The van der Waals surface area contributed by atoms with E-state index in [9.17, 15) is 9.59 Å². The molecule has 0 spiro atoms. The van der Waals surface area contributed by atoms with Gasteiger partial charge in [-0.15, -0.1) is 0 Å². The van der Waals surface area contributed by atoms with Crippen LogP contribution in [-0.4, -0.2) is 12.6 Å². The maximum atomic E-state index is 12.1. The summed E-state index contributed by atoms with van der Waals surface area (Å²) in [5.41, 5.74) is 2.90. The Hall–Kier alpha value is -3.86. The van der Waals surface area contributed by atoms with E-state index in [2.05, 4.69) is 0 Å². The van der Waals surface area contributed by atoms with Gasteiger partial charge in [0.15, 0.2) is 6.61 Å². The summed E-state index contributed by atoms with van der Waals surface area (Å²) < 4.78 is 16.0. The fraction of sp³-hybridized carbons (Fsp3) is 0.0833. The first kappa shape index (κ1) is 18.5. The Morgan fingerprint density at radius 1 is 0.862 bits per heavy atom. The van der Waals surface area contributed by atoms with Crippen LogP contribution in [0.1, 0.15) is 5.56 Å². The van der Waals surface area contributed by atoms with Gasteiger partial charge in [0.05, 0.1) is 0 Å². The van der Waals surface area contributed by atoms with Gasteiger partial charge in [-0.25, -0.2) is 9.59 Å². The molecule has 0 N–H and O–H groups in total. The Bertz CT molecular complexity index is 1210. The van der Waals surface area contributed by atoms with Crippen LogP contribution < -0.4 is 15.1 Å². The van der Waals surface area contributed by atoms with Gasteiger partial charge in [-0.2, -0.15) is 0 Å². The van der Waals surface area contributed by atoms with Gasteiger partial charge in [0.25, 0.3) is 0 Å². The molecule has 0 saturated carbocycles. The maximum absolute atomic E-state index is 12.1. The third-order valence-electron chi connectivity index (χ3n) is 4.47. The fourth-order valence-electron chi connectivity index (χ4n) is 3.05. The molecule has 0 bridgehead atoms. The van der Waals surface area contributed by atoms with Crippen molar-refractivity contribution < 1.29 is 18.7 Å². The second-order valence-corrected chi connectivity index (χ2v) is 6.56. The molecule has 0 aliphatic rings. The van der Waals surface area contributed by atoms with Gasteiger partial charge in [-0.1, -0.05) is 42.5 Å². The lowest BCUT2D eigenvalue weighted by Crippen LogP contribution is -2.17. The minimum Gasteiger partial charge on any atom is -0.482 e. The summed E-state index contributed by atoms with van der Waals surface area (Å²) in [7, 11) is 0. The van der Waals surface area contributed by atoms with E-state index in [0.29, 0.717) is 17.1 Å². The van der Waals surface area contributed by atoms with Gasteiger partial charge < -0.3 is 13.9 Å². The molecule has 5 nitrogen and oxygen atoms in total. The van der Waals surface area contributed by atoms with Gasteiger partial charge in [0, 0.05) is 17.5 Å². The normalized spacial score (nSPS) is 10.7. The number of hydrogen-bond acceptors (Lipinski definition) is 5. The minimum atomic E-state index is -0.550. The lowest BCUT2D eigenvalue weighted by molar-refractivity contribution is -0.136. The van der Waals surface area contributed by atoms with Crippen molar-refractivity contribution >= 4 is 16.9 Å². The number of esters is 1. The van der Waals surface area contributed by atoms with Crippen LogP contribution in [-0.2, 0) is 4.79 Å². The molecule has 3 aromatic carbocycles. The van der Waals surface area contributed by atoms with Crippen LogP contribution in [0.2, 0.25) is 0 Å². The smallest absolute Gasteiger partial charge is 0.349 e. The monoisotopic (exact) mass is 386 g/mol. The quantitative estimate of drug-likeness (QED) is 0.281. The molecule has 29 heavy (non-hydrogen) atoms. The highest BCUT2D eigenvalue weighted by Gasteiger charge is 2.09. The molecule has 1 aromatic heterocycles. The van der Waals surface area contributed by atoms with Crippen LogP contribution >= 0.6 is 0 Å². The number of fused-ring (bicyclic) bond motifs is 1. The average molecular weight is 386 g/mol. The zero-order chi connectivity index (χ0) is 20.2. The first-order valence-corrected chi connectivity index (χ1v) is 9.12. The topological polar surface area (TPSA) is 65.7 Å². The highest BCUT2D eigenvalue weighted by molar-refractivity contribution is 5.82. The summed E-state index contributed by atoms with van der Waals surface area (Å²) in [6.07, 6.45) is 0. The largest absolute Gasteiger partial charge is 0.482 e. The third-order valence-corrected chi connectivity index (χ3v) is 4.47. The molecule has 4 rings (SSSR count). The van der Waals surface area contributed by atoms with Gasteiger partial charge in [0.2, 0.25) is 0 Å². The van der Waals surface area contributed by atoms with Crippen LogP contribution in [0.15, 0.2) is 88.1 Å². The second kappa shape index (κ2) is 8.02. The van der Waals surface area contributed by atoms with E-state index in [-0.39, 0.29) is 6.61 Å². The molecule has 0 fully saturated rings. The predicted octanol–water partition coefficient (Wildman–Crippen LogP) is 4.75. The van der Waals surface area contributed by atoms with E-state index in [1.54, 1.807) is 12.1 Å². The van der Waals surface area contributed by atoms with Crippen LogP contribution in [0.5, 0.6) is 11.5 Å². The van der Waals surface area contributed by atoms with Crippen molar-refractivity contribution in [2.75, 3.05) is 6.61 Å². The van der Waals surface area contributed by atoms with Crippen molar-refractivity contribution in [3.05, 3.63) is 94.8 Å². The lowest BCUT2D eigenvalue weighted by Gasteiger charge is -2.08. The van der Waals surface area contributed by atoms with E-state index in [0.717, 1.165) is 22.1 Å². The Morgan fingerprint density at radius 3 is 2.31 bits per heavy atom. The summed E-state index contributed by atoms with van der Waals surface area (Å²) >= 11 is 0. The zero-order valence-corrected chi connectivity index (χ0v) is 15.8. The molecule has 0 atom stereocenters. The highest BCUT2D eigenvalue weighted by atomic mass is 16.6. The molecular formula is C24H18O5. The predicted molar refractivity (Wildman–Crippen MR) is 110 cm³/mol. The summed E-state index contributed by atoms with van der Waals surface area (Å²) in [5, 5.41) is 0.791. The Kier molecular flexibility index (Phi) is 5.12. The summed E-state index contributed by atoms with van der Waals surface area (Å²) in [5.74, 6) is 0.313. The van der Waals surface area contributed by atoms with Crippen molar-refractivity contribution in [2.45, 2.75) is 6.92 Å². The number of rotatable bonds is 5. The molecule has 0 unspecified atom stereocenters. The van der Waals surface area contributed by atoms with Gasteiger partial charge in [-0.05, 0) is 47.9 Å². The summed E-state index contributed by atoms with van der Waals surface area (Å²) in [6.45, 7) is 1.59. The van der Waals surface area contributed by atoms with Crippen molar-refractivity contribution in [1.82, 2.24) is 0 Å². The molecule has 0 saturated heterocycles. The van der Waals surface area contributed by atoms with Crippen molar-refractivity contribution in [2.24, 2.45) is 0 Å².